The second kappa shape index (κ2) is 12.5. The molecule has 1 N–H and O–H groups in total. The molecule has 1 saturated heterocycles. The van der Waals surface area contributed by atoms with Crippen molar-refractivity contribution in [1.29, 1.82) is 0 Å². The molecule has 1 aromatic heterocycles. The van der Waals surface area contributed by atoms with Crippen LogP contribution in [0.3, 0.4) is 0 Å². The number of carbonyl (C=O) groups excluding carboxylic acids is 3. The lowest BCUT2D eigenvalue weighted by molar-refractivity contribution is -0.143. The fourth-order valence-electron chi connectivity index (χ4n) is 6.60. The molecule has 3 aliphatic rings. The van der Waals surface area contributed by atoms with Crippen molar-refractivity contribution in [2.24, 2.45) is 11.3 Å². The first-order valence-electron chi connectivity index (χ1n) is 15.8. The zero-order chi connectivity index (χ0) is 31.8. The van der Waals surface area contributed by atoms with Crippen LogP contribution < -0.4 is 14.8 Å². The highest BCUT2D eigenvalue weighted by molar-refractivity contribution is 5.93. The van der Waals surface area contributed by atoms with E-state index >= 15 is 4.39 Å². The van der Waals surface area contributed by atoms with Crippen molar-refractivity contribution >= 4 is 28.8 Å². The number of ketones is 1. The topological polar surface area (TPSA) is 120 Å². The molecule has 10 nitrogen and oxygen atoms in total. The van der Waals surface area contributed by atoms with E-state index in [2.05, 4.69) is 5.32 Å². The van der Waals surface area contributed by atoms with Crippen molar-refractivity contribution in [2.75, 3.05) is 13.7 Å². The number of fused-ring (bicyclic) bond motifs is 5. The van der Waals surface area contributed by atoms with Crippen molar-refractivity contribution in [3.8, 4) is 11.6 Å². The molecule has 11 heteroatoms. The SMILES string of the molecule is CC[C@]1(F)[C@@H]2CN(C(=O)[C@H](C(C)(C)C)NC(=O)O[C@@H]3C[C@H]3CCCCCCc3nc4ccc(OC)cc4nc3O2)[C@@H]1C(C)=O. The lowest BCUT2D eigenvalue weighted by Crippen LogP contribution is -2.58. The number of rotatable bonds is 3. The first kappa shape index (κ1) is 31.9. The molecule has 2 amide bonds. The molecule has 2 bridgehead atoms. The molecule has 3 heterocycles. The van der Waals surface area contributed by atoms with Crippen LogP contribution in [0.25, 0.3) is 11.0 Å². The molecule has 1 aromatic carbocycles. The number of nitrogens with zero attached hydrogens (tertiary/aromatic N) is 3. The zero-order valence-electron chi connectivity index (χ0n) is 26.7. The van der Waals surface area contributed by atoms with Crippen LogP contribution in [0.15, 0.2) is 18.2 Å². The third kappa shape index (κ3) is 6.47. The Hall–Kier alpha value is -3.50. The molecule has 0 unspecified atom stereocenters. The summed E-state index contributed by atoms with van der Waals surface area (Å²) in [7, 11) is 1.56. The summed E-state index contributed by atoms with van der Waals surface area (Å²) in [4.78, 5) is 51.1. The maximum atomic E-state index is 17.1. The Morgan fingerprint density at radius 1 is 1.14 bits per heavy atom. The van der Waals surface area contributed by atoms with Gasteiger partial charge in [0.15, 0.2) is 17.6 Å². The van der Waals surface area contributed by atoms with Gasteiger partial charge in [-0.1, -0.05) is 47.0 Å². The molecule has 5 rings (SSSR count). The van der Waals surface area contributed by atoms with E-state index in [9.17, 15) is 14.4 Å². The summed E-state index contributed by atoms with van der Waals surface area (Å²) in [5.41, 5.74) is -1.14. The Labute approximate surface area is 258 Å². The van der Waals surface area contributed by atoms with E-state index in [1.54, 1.807) is 20.1 Å². The molecule has 1 saturated carbocycles. The fraction of sp³-hybridized carbons (Fsp3) is 0.667. The number of ether oxygens (including phenoxy) is 3. The number of alkyl halides is 1. The van der Waals surface area contributed by atoms with Crippen LogP contribution in [0.1, 0.15) is 85.3 Å². The Kier molecular flexibility index (Phi) is 9.05. The number of aryl methyl sites for hydroxylation is 1. The number of halogens is 1. The number of carbonyl (C=O) groups is 3. The quantitative estimate of drug-likeness (QED) is 0.493. The molecule has 2 aromatic rings. The minimum atomic E-state index is -2.20. The van der Waals surface area contributed by atoms with Crippen LogP contribution in [-0.2, 0) is 20.7 Å². The number of nitrogens with one attached hydrogen (secondary N) is 1. The summed E-state index contributed by atoms with van der Waals surface area (Å²) in [5, 5.41) is 2.75. The molecule has 2 aliphatic heterocycles. The van der Waals surface area contributed by atoms with Crippen LogP contribution in [0.5, 0.6) is 11.6 Å². The largest absolute Gasteiger partial charge is 0.497 e. The summed E-state index contributed by atoms with van der Waals surface area (Å²) >= 11 is 0. The normalized spacial score (nSPS) is 30.1. The van der Waals surface area contributed by atoms with E-state index in [4.69, 9.17) is 24.2 Å². The second-order valence-electron chi connectivity index (χ2n) is 13.6. The Balaban J connectivity index is 1.55. The van der Waals surface area contributed by atoms with Crippen LogP contribution in [0, 0.1) is 11.3 Å². The summed E-state index contributed by atoms with van der Waals surface area (Å²) in [6.45, 7) is 8.16. The van der Waals surface area contributed by atoms with E-state index in [1.165, 1.54) is 11.8 Å². The Bertz CT molecular complexity index is 1410. The number of amides is 2. The monoisotopic (exact) mass is 612 g/mol. The minimum absolute atomic E-state index is 0.0748. The standard InChI is InChI=1S/C33H45FN4O6/c1-7-33(34)26-18-38(28(33)19(2)39)30(40)27(32(3,4)5)37-31(41)43-25-16-20(25)12-10-8-9-11-13-23-29(44-26)36-24-17-21(42-6)14-15-22(24)35-23/h14-15,17,20,25-28H,7-13,16,18H2,1-6H3,(H,37,41)/t20-,25-,26+,27-,28-,33+/m1/s1. The van der Waals surface area contributed by atoms with E-state index in [-0.39, 0.29) is 24.9 Å². The van der Waals surface area contributed by atoms with E-state index < -0.39 is 47.1 Å². The van der Waals surface area contributed by atoms with Crippen LogP contribution in [0.2, 0.25) is 0 Å². The molecular weight excluding hydrogens is 567 g/mol. The lowest BCUT2D eigenvalue weighted by Gasteiger charge is -2.36. The predicted molar refractivity (Wildman–Crippen MR) is 162 cm³/mol. The summed E-state index contributed by atoms with van der Waals surface area (Å²) in [6.07, 6.45) is 4.09. The molecule has 2 fully saturated rings. The van der Waals surface area contributed by atoms with Gasteiger partial charge in [0, 0.05) is 6.07 Å². The van der Waals surface area contributed by atoms with Crippen molar-refractivity contribution in [1.82, 2.24) is 20.2 Å². The zero-order valence-corrected chi connectivity index (χ0v) is 26.7. The molecule has 0 radical (unpaired) electrons. The summed E-state index contributed by atoms with van der Waals surface area (Å²) in [6, 6.07) is 2.94. The third-order valence-corrected chi connectivity index (χ3v) is 9.26. The number of hydrogen-bond acceptors (Lipinski definition) is 8. The van der Waals surface area contributed by atoms with E-state index in [0.717, 1.165) is 38.5 Å². The Morgan fingerprint density at radius 2 is 1.89 bits per heavy atom. The summed E-state index contributed by atoms with van der Waals surface area (Å²) in [5.74, 6) is 0.0454. The maximum Gasteiger partial charge on any atom is 0.408 e. The van der Waals surface area contributed by atoms with Crippen molar-refractivity contribution in [2.45, 2.75) is 116 Å². The van der Waals surface area contributed by atoms with Gasteiger partial charge in [-0.2, -0.15) is 0 Å². The Morgan fingerprint density at radius 3 is 2.57 bits per heavy atom. The molecule has 240 valence electrons. The number of methoxy groups -OCH3 is 1. The van der Waals surface area contributed by atoms with Gasteiger partial charge in [0.2, 0.25) is 11.8 Å². The number of hydrogen-bond donors (Lipinski definition) is 1. The van der Waals surface area contributed by atoms with Gasteiger partial charge in [-0.05, 0) is 62.5 Å². The first-order chi connectivity index (χ1) is 20.8. The average molecular weight is 613 g/mol. The second-order valence-corrected chi connectivity index (χ2v) is 13.6. The molecular formula is C33H45FN4O6. The van der Waals surface area contributed by atoms with Crippen molar-refractivity contribution < 1.29 is 33.0 Å². The van der Waals surface area contributed by atoms with Crippen LogP contribution >= 0.6 is 0 Å². The molecule has 6 atom stereocenters. The summed E-state index contributed by atoms with van der Waals surface area (Å²) < 4.78 is 34.5. The lowest BCUT2D eigenvalue weighted by atomic mass is 9.85. The van der Waals surface area contributed by atoms with Gasteiger partial charge in [-0.3, -0.25) is 9.59 Å². The van der Waals surface area contributed by atoms with Gasteiger partial charge in [-0.15, -0.1) is 0 Å². The van der Waals surface area contributed by atoms with Crippen LogP contribution in [-0.4, -0.2) is 76.3 Å². The highest BCUT2D eigenvalue weighted by Gasteiger charge is 2.60. The van der Waals surface area contributed by atoms with Gasteiger partial charge in [0.1, 0.15) is 29.6 Å². The number of Topliss-reactive ketones (excluding diaryl/α,β-unsaturated/α-hetero) is 1. The number of benzene rings is 1. The van der Waals surface area contributed by atoms with Gasteiger partial charge in [0.25, 0.3) is 0 Å². The fourth-order valence-corrected chi connectivity index (χ4v) is 6.60. The van der Waals surface area contributed by atoms with Gasteiger partial charge < -0.3 is 24.4 Å². The highest BCUT2D eigenvalue weighted by Crippen LogP contribution is 2.41. The van der Waals surface area contributed by atoms with Crippen LogP contribution in [0.4, 0.5) is 9.18 Å². The number of alkyl carbamates (subject to hydrolysis) is 1. The number of aromatic nitrogens is 2. The minimum Gasteiger partial charge on any atom is -0.497 e. The average Bonchev–Trinajstić information content (AvgIpc) is 3.63. The molecule has 44 heavy (non-hydrogen) atoms. The van der Waals surface area contributed by atoms with Gasteiger partial charge in [-0.25, -0.2) is 19.2 Å². The van der Waals surface area contributed by atoms with Crippen molar-refractivity contribution in [3.63, 3.8) is 0 Å². The molecule has 0 spiro atoms. The highest BCUT2D eigenvalue weighted by atomic mass is 19.1. The molecule has 1 aliphatic carbocycles. The van der Waals surface area contributed by atoms with E-state index in [1.807, 2.05) is 32.9 Å². The third-order valence-electron chi connectivity index (χ3n) is 9.26. The van der Waals surface area contributed by atoms with E-state index in [0.29, 0.717) is 34.8 Å². The smallest absolute Gasteiger partial charge is 0.408 e. The van der Waals surface area contributed by atoms with Gasteiger partial charge in [0.05, 0.1) is 24.7 Å². The predicted octanol–water partition coefficient (Wildman–Crippen LogP) is 5.34. The van der Waals surface area contributed by atoms with Crippen molar-refractivity contribution in [3.05, 3.63) is 23.9 Å². The first-order valence-corrected chi connectivity index (χ1v) is 15.8. The maximum absolute atomic E-state index is 17.1. The van der Waals surface area contributed by atoms with Gasteiger partial charge >= 0.3 is 6.09 Å².